The molecule has 182 valence electrons. The van der Waals surface area contributed by atoms with Gasteiger partial charge in [0.05, 0.1) is 12.6 Å². The monoisotopic (exact) mass is 483 g/mol. The minimum atomic E-state index is -1.28. The van der Waals surface area contributed by atoms with E-state index in [-0.39, 0.29) is 17.9 Å². The Morgan fingerprint density at radius 3 is 2.06 bits per heavy atom. The van der Waals surface area contributed by atoms with E-state index in [0.717, 1.165) is 0 Å². The van der Waals surface area contributed by atoms with Gasteiger partial charge in [-0.15, -0.1) is 0 Å². The maximum absolute atomic E-state index is 12.5. The number of carbonyl (C=O) groups excluding carboxylic acids is 4. The smallest absolute Gasteiger partial charge is 0.326 e. The van der Waals surface area contributed by atoms with Gasteiger partial charge in [0.2, 0.25) is 23.6 Å². The molecule has 0 spiro atoms. The summed E-state index contributed by atoms with van der Waals surface area (Å²) in [5, 5.41) is 28.1. The number of phenolic OH excluding ortho intramolecular Hbond substituents is 1. The fourth-order valence-corrected chi connectivity index (χ4v) is 2.77. The van der Waals surface area contributed by atoms with Crippen LogP contribution in [-0.4, -0.2) is 76.3 Å². The molecule has 12 nitrogen and oxygen atoms in total. The van der Waals surface area contributed by atoms with E-state index in [1.165, 1.54) is 38.1 Å². The molecule has 0 saturated carbocycles. The first-order chi connectivity index (χ1) is 15.4. The molecule has 0 unspecified atom stereocenters. The Hall–Kier alpha value is -3.32. The van der Waals surface area contributed by atoms with Crippen molar-refractivity contribution in [2.45, 2.75) is 44.4 Å². The molecule has 4 atom stereocenters. The molecule has 0 aliphatic rings. The second-order valence-corrected chi connectivity index (χ2v) is 7.67. The largest absolute Gasteiger partial charge is 0.508 e. The van der Waals surface area contributed by atoms with E-state index in [2.05, 4.69) is 33.9 Å². The van der Waals surface area contributed by atoms with Crippen LogP contribution in [0.15, 0.2) is 24.3 Å². The van der Waals surface area contributed by atoms with Crippen molar-refractivity contribution in [2.24, 2.45) is 5.73 Å². The predicted molar refractivity (Wildman–Crippen MR) is 121 cm³/mol. The Labute approximate surface area is 196 Å². The van der Waals surface area contributed by atoms with Gasteiger partial charge in [-0.05, 0) is 31.5 Å². The molecule has 1 aromatic rings. The van der Waals surface area contributed by atoms with Gasteiger partial charge in [-0.3, -0.25) is 19.2 Å². The zero-order valence-corrected chi connectivity index (χ0v) is 19.1. The van der Waals surface area contributed by atoms with Crippen molar-refractivity contribution in [1.82, 2.24) is 21.3 Å². The molecular weight excluding hydrogens is 454 g/mol. The summed E-state index contributed by atoms with van der Waals surface area (Å²) in [5.41, 5.74) is 5.98. The predicted octanol–water partition coefficient (Wildman–Crippen LogP) is -2.11. The number of hydrogen-bond donors (Lipinski definition) is 8. The van der Waals surface area contributed by atoms with E-state index in [0.29, 0.717) is 5.56 Å². The number of nitrogens with one attached hydrogen (secondary N) is 4. The third kappa shape index (κ3) is 9.78. The van der Waals surface area contributed by atoms with Crippen LogP contribution in [0.1, 0.15) is 19.4 Å². The lowest BCUT2D eigenvalue weighted by atomic mass is 10.1. The number of benzene rings is 1. The molecule has 0 aliphatic heterocycles. The Morgan fingerprint density at radius 1 is 0.939 bits per heavy atom. The van der Waals surface area contributed by atoms with E-state index in [9.17, 15) is 34.2 Å². The molecule has 33 heavy (non-hydrogen) atoms. The number of carboxylic acids is 1. The van der Waals surface area contributed by atoms with Crippen LogP contribution in [0.5, 0.6) is 5.75 Å². The Kier molecular flexibility index (Phi) is 11.2. The maximum atomic E-state index is 12.5. The highest BCUT2D eigenvalue weighted by Gasteiger charge is 2.26. The van der Waals surface area contributed by atoms with E-state index >= 15 is 0 Å². The number of nitrogens with two attached hydrogens (primary N) is 1. The first-order valence-corrected chi connectivity index (χ1v) is 10.6. The molecular formula is C20H29N5O7S. The zero-order valence-electron chi connectivity index (χ0n) is 18.2. The molecule has 0 bridgehead atoms. The molecule has 0 aromatic heterocycles. The van der Waals surface area contributed by atoms with Gasteiger partial charge in [-0.25, -0.2) is 4.79 Å². The van der Waals surface area contributed by atoms with Gasteiger partial charge < -0.3 is 37.2 Å². The van der Waals surface area contributed by atoms with Gasteiger partial charge in [0.25, 0.3) is 0 Å². The van der Waals surface area contributed by atoms with Crippen LogP contribution in [0, 0.1) is 0 Å². The number of phenols is 1. The van der Waals surface area contributed by atoms with Gasteiger partial charge in [0, 0.05) is 12.2 Å². The van der Waals surface area contributed by atoms with Crippen LogP contribution in [0.2, 0.25) is 0 Å². The summed E-state index contributed by atoms with van der Waals surface area (Å²) >= 11 is 4.01. The molecule has 0 fully saturated rings. The molecule has 0 heterocycles. The summed E-state index contributed by atoms with van der Waals surface area (Å²) in [4.78, 5) is 59.7. The summed E-state index contributed by atoms with van der Waals surface area (Å²) in [7, 11) is 0. The van der Waals surface area contributed by atoms with Gasteiger partial charge in [-0.2, -0.15) is 12.6 Å². The van der Waals surface area contributed by atoms with Crippen LogP contribution in [0.3, 0.4) is 0 Å². The number of rotatable bonds is 12. The van der Waals surface area contributed by atoms with Crippen molar-refractivity contribution in [3.8, 4) is 5.75 Å². The second-order valence-electron chi connectivity index (χ2n) is 7.31. The Balaban J connectivity index is 2.60. The number of carboxylic acid groups (broad SMARTS) is 1. The first-order valence-electron chi connectivity index (χ1n) is 9.99. The number of aliphatic carboxylic acids is 1. The summed E-state index contributed by atoms with van der Waals surface area (Å²) in [6.07, 6.45) is -0.0460. The molecule has 8 N–H and O–H groups in total. The van der Waals surface area contributed by atoms with Crippen molar-refractivity contribution in [3.63, 3.8) is 0 Å². The minimum Gasteiger partial charge on any atom is -0.508 e. The summed E-state index contributed by atoms with van der Waals surface area (Å²) in [6.45, 7) is 2.39. The van der Waals surface area contributed by atoms with Crippen LogP contribution < -0.4 is 27.0 Å². The van der Waals surface area contributed by atoms with Gasteiger partial charge in [-0.1, -0.05) is 12.1 Å². The van der Waals surface area contributed by atoms with Crippen LogP contribution >= 0.6 is 12.6 Å². The fraction of sp³-hybridized carbons (Fsp3) is 0.450. The zero-order chi connectivity index (χ0) is 25.1. The van der Waals surface area contributed by atoms with Gasteiger partial charge in [0.15, 0.2) is 0 Å². The van der Waals surface area contributed by atoms with Gasteiger partial charge in [0.1, 0.15) is 23.9 Å². The van der Waals surface area contributed by atoms with Crippen molar-refractivity contribution in [2.75, 3.05) is 12.3 Å². The van der Waals surface area contributed by atoms with E-state index in [4.69, 9.17) is 5.73 Å². The standard InChI is InChI=1S/C20H29N5O7S/c1-10(21)17(28)23-11(2)18(29)22-8-16(27)24-15(9-33)19(30)25-14(20(31)32)7-12-3-5-13(26)6-4-12/h3-6,10-11,14-15,26,33H,7-9,21H2,1-2H3,(H,22,29)(H,23,28)(H,24,27)(H,25,30)(H,31,32)/t10-,11-,14-,15-/m0/s1. The average Bonchev–Trinajstić information content (AvgIpc) is 2.76. The summed E-state index contributed by atoms with van der Waals surface area (Å²) in [5.74, 6) is -4.04. The SMILES string of the molecule is C[C@H](N)C(=O)N[C@@H](C)C(=O)NCC(=O)N[C@@H](CS)C(=O)N[C@@H](Cc1ccc(O)cc1)C(=O)O. The summed E-state index contributed by atoms with van der Waals surface area (Å²) in [6, 6.07) is 1.66. The highest BCUT2D eigenvalue weighted by Crippen LogP contribution is 2.11. The minimum absolute atomic E-state index is 0.0188. The van der Waals surface area contributed by atoms with E-state index in [1.54, 1.807) is 0 Å². The second kappa shape index (κ2) is 13.3. The van der Waals surface area contributed by atoms with Crippen LogP contribution in [0.4, 0.5) is 0 Å². The van der Waals surface area contributed by atoms with E-state index in [1.807, 2.05) is 0 Å². The summed E-state index contributed by atoms with van der Waals surface area (Å²) < 4.78 is 0. The third-order valence-corrected chi connectivity index (χ3v) is 4.78. The lowest BCUT2D eigenvalue weighted by Crippen LogP contribution is -2.55. The first kappa shape index (κ1) is 27.7. The van der Waals surface area contributed by atoms with E-state index < -0.39 is 60.3 Å². The number of hydrogen-bond acceptors (Lipinski definition) is 8. The molecule has 4 amide bonds. The molecule has 1 aromatic carbocycles. The normalized spacial score (nSPS) is 14.2. The molecule has 1 rings (SSSR count). The van der Waals surface area contributed by atoms with Crippen molar-refractivity contribution < 1.29 is 34.2 Å². The number of aromatic hydroxyl groups is 1. The molecule has 0 saturated heterocycles. The topological polar surface area (TPSA) is 200 Å². The average molecular weight is 484 g/mol. The lowest BCUT2D eigenvalue weighted by Gasteiger charge is -2.21. The maximum Gasteiger partial charge on any atom is 0.326 e. The highest BCUT2D eigenvalue weighted by molar-refractivity contribution is 7.80. The quantitative estimate of drug-likeness (QED) is 0.154. The Morgan fingerprint density at radius 2 is 1.55 bits per heavy atom. The van der Waals surface area contributed by atoms with Crippen molar-refractivity contribution >= 4 is 42.2 Å². The molecule has 13 heteroatoms. The van der Waals surface area contributed by atoms with Crippen molar-refractivity contribution in [1.29, 1.82) is 0 Å². The number of carbonyl (C=O) groups is 5. The molecule has 0 radical (unpaired) electrons. The number of amides is 4. The highest BCUT2D eigenvalue weighted by atomic mass is 32.1. The molecule has 0 aliphatic carbocycles. The van der Waals surface area contributed by atoms with Crippen LogP contribution in [-0.2, 0) is 30.4 Å². The van der Waals surface area contributed by atoms with Crippen LogP contribution in [0.25, 0.3) is 0 Å². The number of thiol groups is 1. The Bertz CT molecular complexity index is 863. The van der Waals surface area contributed by atoms with Crippen molar-refractivity contribution in [3.05, 3.63) is 29.8 Å². The third-order valence-electron chi connectivity index (χ3n) is 4.41. The lowest BCUT2D eigenvalue weighted by molar-refractivity contribution is -0.142. The fourth-order valence-electron chi connectivity index (χ4n) is 2.51. The van der Waals surface area contributed by atoms with Gasteiger partial charge >= 0.3 is 5.97 Å².